The van der Waals surface area contributed by atoms with Crippen molar-refractivity contribution >= 4 is 34.8 Å². The summed E-state index contributed by atoms with van der Waals surface area (Å²) in [5.41, 5.74) is 3.45. The summed E-state index contributed by atoms with van der Waals surface area (Å²) in [6.45, 7) is 3.70. The Kier molecular flexibility index (Phi) is 7.14. The minimum absolute atomic E-state index is 0.0742. The Bertz CT molecular complexity index is 860. The van der Waals surface area contributed by atoms with Gasteiger partial charge in [0, 0.05) is 43.1 Å². The highest BCUT2D eigenvalue weighted by Crippen LogP contribution is 2.23. The van der Waals surface area contributed by atoms with Gasteiger partial charge in [-0.15, -0.1) is 0 Å². The zero-order valence-electron chi connectivity index (χ0n) is 16.6. The van der Waals surface area contributed by atoms with Gasteiger partial charge in [-0.2, -0.15) is 0 Å². The average Bonchev–Trinajstić information content (AvgIpc) is 2.69. The number of hydrogen-bond donors (Lipinski definition) is 3. The SMILES string of the molecule is CCC(=O)Nc1cccc(NC(=O)CNc2ccc(C(=O)N(C)C)cc2)c1C. The number of nitrogens with zero attached hydrogens (tertiary/aromatic N) is 1. The van der Waals surface area contributed by atoms with Crippen molar-refractivity contribution in [3.8, 4) is 0 Å². The minimum Gasteiger partial charge on any atom is -0.376 e. The molecule has 0 radical (unpaired) electrons. The largest absolute Gasteiger partial charge is 0.376 e. The van der Waals surface area contributed by atoms with E-state index in [1.807, 2.05) is 6.92 Å². The Labute approximate surface area is 165 Å². The number of rotatable bonds is 7. The summed E-state index contributed by atoms with van der Waals surface area (Å²) in [6, 6.07) is 12.3. The van der Waals surface area contributed by atoms with E-state index in [2.05, 4.69) is 16.0 Å². The first-order valence-electron chi connectivity index (χ1n) is 9.06. The van der Waals surface area contributed by atoms with Gasteiger partial charge in [-0.05, 0) is 48.9 Å². The second kappa shape index (κ2) is 9.55. The fourth-order valence-corrected chi connectivity index (χ4v) is 2.51. The van der Waals surface area contributed by atoms with Gasteiger partial charge in [-0.3, -0.25) is 14.4 Å². The normalized spacial score (nSPS) is 10.1. The lowest BCUT2D eigenvalue weighted by atomic mass is 10.1. The third-order valence-electron chi connectivity index (χ3n) is 4.19. The van der Waals surface area contributed by atoms with Crippen LogP contribution in [0.3, 0.4) is 0 Å². The van der Waals surface area contributed by atoms with Gasteiger partial charge in [-0.25, -0.2) is 0 Å². The Balaban J connectivity index is 1.95. The van der Waals surface area contributed by atoms with Gasteiger partial charge in [0.05, 0.1) is 6.54 Å². The summed E-state index contributed by atoms with van der Waals surface area (Å²) in [5.74, 6) is -0.366. The van der Waals surface area contributed by atoms with Gasteiger partial charge >= 0.3 is 0 Å². The molecule has 3 N–H and O–H groups in total. The highest BCUT2D eigenvalue weighted by molar-refractivity contribution is 5.97. The van der Waals surface area contributed by atoms with E-state index >= 15 is 0 Å². The molecule has 0 aliphatic heterocycles. The van der Waals surface area contributed by atoms with Crippen LogP contribution in [0, 0.1) is 6.92 Å². The standard InChI is InChI=1S/C21H26N4O3/c1-5-19(26)23-17-7-6-8-18(14(17)2)24-20(27)13-22-16-11-9-15(10-12-16)21(28)25(3)4/h6-12,22H,5,13H2,1-4H3,(H,23,26)(H,24,27). The summed E-state index contributed by atoms with van der Waals surface area (Å²) in [5, 5.41) is 8.69. The molecule has 0 fully saturated rings. The van der Waals surface area contributed by atoms with E-state index in [1.54, 1.807) is 63.5 Å². The molecule has 2 aromatic carbocycles. The van der Waals surface area contributed by atoms with Crippen molar-refractivity contribution in [2.45, 2.75) is 20.3 Å². The van der Waals surface area contributed by atoms with E-state index < -0.39 is 0 Å². The Morgan fingerprint density at radius 2 is 1.46 bits per heavy atom. The van der Waals surface area contributed by atoms with Crippen molar-refractivity contribution in [2.75, 3.05) is 36.6 Å². The topological polar surface area (TPSA) is 90.5 Å². The number of nitrogens with one attached hydrogen (secondary N) is 3. The van der Waals surface area contributed by atoms with Crippen molar-refractivity contribution in [3.63, 3.8) is 0 Å². The molecule has 28 heavy (non-hydrogen) atoms. The molecular formula is C21H26N4O3. The number of carbonyl (C=O) groups excluding carboxylic acids is 3. The Hall–Kier alpha value is -3.35. The average molecular weight is 382 g/mol. The fraction of sp³-hybridized carbons (Fsp3) is 0.286. The lowest BCUT2D eigenvalue weighted by Gasteiger charge is -2.14. The molecule has 0 bridgehead atoms. The smallest absolute Gasteiger partial charge is 0.253 e. The zero-order chi connectivity index (χ0) is 20.7. The predicted octanol–water partition coefficient (Wildman–Crippen LogP) is 3.10. The lowest BCUT2D eigenvalue weighted by molar-refractivity contribution is -0.116. The molecule has 7 nitrogen and oxygen atoms in total. The second-order valence-corrected chi connectivity index (χ2v) is 6.56. The summed E-state index contributed by atoms with van der Waals surface area (Å²) in [6.07, 6.45) is 0.388. The Morgan fingerprint density at radius 1 is 0.893 bits per heavy atom. The van der Waals surface area contributed by atoms with Gasteiger partial charge in [0.2, 0.25) is 11.8 Å². The summed E-state index contributed by atoms with van der Waals surface area (Å²) < 4.78 is 0. The molecule has 0 aliphatic carbocycles. The third-order valence-corrected chi connectivity index (χ3v) is 4.19. The molecule has 0 aromatic heterocycles. The number of hydrogen-bond acceptors (Lipinski definition) is 4. The van der Waals surface area contributed by atoms with Crippen LogP contribution in [0.25, 0.3) is 0 Å². The van der Waals surface area contributed by atoms with Crippen LogP contribution < -0.4 is 16.0 Å². The van der Waals surface area contributed by atoms with E-state index in [0.717, 1.165) is 11.3 Å². The molecule has 2 rings (SSSR count). The molecule has 0 saturated heterocycles. The van der Waals surface area contributed by atoms with E-state index in [9.17, 15) is 14.4 Å². The van der Waals surface area contributed by atoms with Crippen LogP contribution in [-0.2, 0) is 9.59 Å². The van der Waals surface area contributed by atoms with Gasteiger partial charge in [0.1, 0.15) is 0 Å². The zero-order valence-corrected chi connectivity index (χ0v) is 16.6. The van der Waals surface area contributed by atoms with E-state index in [-0.39, 0.29) is 24.3 Å². The van der Waals surface area contributed by atoms with Crippen molar-refractivity contribution in [3.05, 3.63) is 53.6 Å². The van der Waals surface area contributed by atoms with Crippen LogP contribution in [0.15, 0.2) is 42.5 Å². The van der Waals surface area contributed by atoms with Crippen LogP contribution >= 0.6 is 0 Å². The van der Waals surface area contributed by atoms with Gasteiger partial charge < -0.3 is 20.9 Å². The maximum atomic E-state index is 12.3. The maximum absolute atomic E-state index is 12.3. The lowest BCUT2D eigenvalue weighted by Crippen LogP contribution is -2.23. The van der Waals surface area contributed by atoms with Crippen LogP contribution in [0.5, 0.6) is 0 Å². The molecule has 2 aromatic rings. The molecule has 0 heterocycles. The number of amides is 3. The summed E-state index contributed by atoms with van der Waals surface area (Å²) >= 11 is 0. The molecule has 0 spiro atoms. The number of carbonyl (C=O) groups is 3. The molecule has 0 saturated carbocycles. The molecule has 7 heteroatoms. The maximum Gasteiger partial charge on any atom is 0.253 e. The fourth-order valence-electron chi connectivity index (χ4n) is 2.51. The summed E-state index contributed by atoms with van der Waals surface area (Å²) in [7, 11) is 3.40. The molecule has 148 valence electrons. The number of anilines is 3. The van der Waals surface area contributed by atoms with Crippen molar-refractivity contribution < 1.29 is 14.4 Å². The highest BCUT2D eigenvalue weighted by atomic mass is 16.2. The predicted molar refractivity (Wildman–Crippen MR) is 112 cm³/mol. The molecular weight excluding hydrogens is 356 g/mol. The van der Waals surface area contributed by atoms with Crippen LogP contribution in [0.4, 0.5) is 17.1 Å². The first-order valence-corrected chi connectivity index (χ1v) is 9.06. The van der Waals surface area contributed by atoms with Crippen LogP contribution in [-0.4, -0.2) is 43.3 Å². The molecule has 0 unspecified atom stereocenters. The first kappa shape index (κ1) is 21.0. The monoisotopic (exact) mass is 382 g/mol. The van der Waals surface area contributed by atoms with E-state index in [0.29, 0.717) is 23.4 Å². The van der Waals surface area contributed by atoms with Crippen LogP contribution in [0.1, 0.15) is 29.3 Å². The van der Waals surface area contributed by atoms with Crippen LogP contribution in [0.2, 0.25) is 0 Å². The van der Waals surface area contributed by atoms with Gasteiger partial charge in [-0.1, -0.05) is 13.0 Å². The quantitative estimate of drug-likeness (QED) is 0.686. The highest BCUT2D eigenvalue weighted by Gasteiger charge is 2.10. The first-order chi connectivity index (χ1) is 13.3. The van der Waals surface area contributed by atoms with E-state index in [1.165, 1.54) is 4.90 Å². The molecule has 0 atom stereocenters. The second-order valence-electron chi connectivity index (χ2n) is 6.56. The van der Waals surface area contributed by atoms with Crippen molar-refractivity contribution in [1.29, 1.82) is 0 Å². The third kappa shape index (κ3) is 5.57. The Morgan fingerprint density at radius 3 is 2.00 bits per heavy atom. The van der Waals surface area contributed by atoms with Crippen molar-refractivity contribution in [1.82, 2.24) is 4.90 Å². The van der Waals surface area contributed by atoms with Gasteiger partial charge in [0.25, 0.3) is 5.91 Å². The van der Waals surface area contributed by atoms with Crippen molar-refractivity contribution in [2.24, 2.45) is 0 Å². The minimum atomic E-state index is -0.212. The molecule has 0 aliphatic rings. The van der Waals surface area contributed by atoms with E-state index in [4.69, 9.17) is 0 Å². The number of benzene rings is 2. The summed E-state index contributed by atoms with van der Waals surface area (Å²) in [4.78, 5) is 37.3. The molecule has 3 amide bonds. The van der Waals surface area contributed by atoms with Gasteiger partial charge in [0.15, 0.2) is 0 Å².